The Morgan fingerprint density at radius 1 is 0.913 bits per heavy atom. The zero-order valence-corrected chi connectivity index (χ0v) is 18.9. The molecule has 2 aromatic rings. The van der Waals surface area contributed by atoms with Gasteiger partial charge in [0.1, 0.15) is 0 Å². The van der Waals surface area contributed by atoms with Gasteiger partial charge in [-0.2, -0.15) is 46.5 Å². The Hall–Kier alpha value is -0.0969. The van der Waals surface area contributed by atoms with Crippen molar-refractivity contribution in [2.45, 2.75) is 53.4 Å². The van der Waals surface area contributed by atoms with Crippen molar-refractivity contribution in [1.82, 2.24) is 0 Å². The fourth-order valence-corrected chi connectivity index (χ4v) is 2.60. The summed E-state index contributed by atoms with van der Waals surface area (Å²) < 4.78 is 0. The van der Waals surface area contributed by atoms with Crippen molar-refractivity contribution in [3.05, 3.63) is 71.8 Å². The maximum atomic E-state index is 3.00. The second-order valence-corrected chi connectivity index (χ2v) is 4.53. The first-order chi connectivity index (χ1) is 9.78. The van der Waals surface area contributed by atoms with E-state index in [1.807, 2.05) is 30.3 Å². The van der Waals surface area contributed by atoms with Crippen molar-refractivity contribution in [3.63, 3.8) is 0 Å². The summed E-state index contributed by atoms with van der Waals surface area (Å²) in [7, 11) is 0. The molecule has 23 heavy (non-hydrogen) atoms. The molecule has 3 heteroatoms. The number of hydrogen-bond acceptors (Lipinski definition) is 0. The van der Waals surface area contributed by atoms with E-state index in [0.29, 0.717) is 0 Å². The molecule has 0 saturated heterocycles. The number of aryl methyl sites for hydroxylation is 2. The molecule has 0 aliphatic rings. The molecule has 0 aromatic heterocycles. The molecule has 2 rings (SSSR count). The Kier molecular flexibility index (Phi) is 26.7. The molecule has 2 aromatic carbocycles. The number of hydrogen-bond donors (Lipinski definition) is 0. The summed E-state index contributed by atoms with van der Waals surface area (Å²) >= 11 is 0. The molecule has 128 valence electrons. The summed E-state index contributed by atoms with van der Waals surface area (Å²) in [6, 6.07) is 12.4. The van der Waals surface area contributed by atoms with Crippen molar-refractivity contribution >= 4 is 0 Å². The van der Waals surface area contributed by atoms with E-state index >= 15 is 0 Å². The molecule has 0 heterocycles. The molecule has 0 amide bonds. The molecule has 0 nitrogen and oxygen atoms in total. The summed E-state index contributed by atoms with van der Waals surface area (Å²) in [4.78, 5) is 0. The molecular formula is C20H30Cl2Zr. The Labute approximate surface area is 175 Å². The Balaban J connectivity index is -0.000000154. The van der Waals surface area contributed by atoms with Gasteiger partial charge in [0.15, 0.2) is 0 Å². The Morgan fingerprint density at radius 3 is 1.70 bits per heavy atom. The van der Waals surface area contributed by atoms with Gasteiger partial charge in [-0.05, 0) is 0 Å². The fourth-order valence-electron chi connectivity index (χ4n) is 2.60. The molecular weight excluding hydrogens is 402 g/mol. The second-order valence-electron chi connectivity index (χ2n) is 4.53. The average Bonchev–Trinajstić information content (AvgIpc) is 3.18. The molecule has 0 aliphatic carbocycles. The molecule has 0 N–H and O–H groups in total. The monoisotopic (exact) mass is 430 g/mol. The predicted octanol–water partition coefficient (Wildman–Crippen LogP) is -0.132. The van der Waals surface area contributed by atoms with Crippen LogP contribution >= 0.6 is 0 Å². The van der Waals surface area contributed by atoms with E-state index in [0.717, 1.165) is 0 Å². The fraction of sp³-hybridized carbons (Fsp3) is 0.400. The van der Waals surface area contributed by atoms with Crippen LogP contribution in [-0.4, -0.2) is 0 Å². The summed E-state index contributed by atoms with van der Waals surface area (Å²) in [5.41, 5.74) is 6.41. The third-order valence-corrected chi connectivity index (χ3v) is 3.51. The topological polar surface area (TPSA) is 0 Å². The van der Waals surface area contributed by atoms with Gasteiger partial charge >= 0.3 is 26.2 Å². The standard InChI is InChI=1S/C13H21.C5H5.C2H4.2ClH.Zr/c1-5-10-9-11(6-2)13(8-4)12(10)7-3;1-2-4-5-3-1;1-2;;;/h9H,5-8H2,1-4H3;1-5H;1-2H2;2*1H;/q2*-1;;;;+4/p-2. The van der Waals surface area contributed by atoms with Gasteiger partial charge in [0.25, 0.3) is 0 Å². The van der Waals surface area contributed by atoms with Gasteiger partial charge in [0.05, 0.1) is 0 Å². The van der Waals surface area contributed by atoms with Crippen LogP contribution in [0, 0.1) is 0 Å². The second kappa shape index (κ2) is 19.9. The molecule has 0 aliphatic heterocycles. The predicted molar refractivity (Wildman–Crippen MR) is 92.8 cm³/mol. The van der Waals surface area contributed by atoms with Crippen LogP contribution < -0.4 is 24.8 Å². The molecule has 0 fully saturated rings. The zero-order valence-electron chi connectivity index (χ0n) is 15.0. The molecule has 0 spiro atoms. The quantitative estimate of drug-likeness (QED) is 0.467. The first-order valence-corrected chi connectivity index (χ1v) is 7.74. The molecule has 0 unspecified atom stereocenters. The first kappa shape index (κ1) is 30.7. The van der Waals surface area contributed by atoms with Gasteiger partial charge in [-0.25, -0.2) is 12.1 Å². The van der Waals surface area contributed by atoms with Crippen LogP contribution in [0.25, 0.3) is 0 Å². The number of rotatable bonds is 4. The SMILES string of the molecule is C=C.CCc1c[c-](CC)c(CC)c1CC.[Cl-].[Cl-].[Zr+4].c1cc[cH-]c1. The molecule has 0 bridgehead atoms. The minimum atomic E-state index is 0. The van der Waals surface area contributed by atoms with Crippen molar-refractivity contribution < 1.29 is 51.0 Å². The van der Waals surface area contributed by atoms with E-state index in [9.17, 15) is 0 Å². The molecule has 0 radical (unpaired) electrons. The van der Waals surface area contributed by atoms with Crippen LogP contribution in [-0.2, 0) is 51.9 Å². The third-order valence-electron chi connectivity index (χ3n) is 3.51. The Bertz CT molecular complexity index is 401. The zero-order chi connectivity index (χ0) is 15.4. The van der Waals surface area contributed by atoms with E-state index in [-0.39, 0.29) is 51.0 Å². The van der Waals surface area contributed by atoms with Gasteiger partial charge in [0.2, 0.25) is 0 Å². The molecule has 0 atom stereocenters. The molecule has 0 saturated carbocycles. The van der Waals surface area contributed by atoms with Crippen LogP contribution in [0.4, 0.5) is 0 Å². The van der Waals surface area contributed by atoms with Gasteiger partial charge < -0.3 is 24.8 Å². The van der Waals surface area contributed by atoms with Gasteiger partial charge in [0, 0.05) is 0 Å². The summed E-state index contributed by atoms with van der Waals surface area (Å²) in [5.74, 6) is 0. The number of halogens is 2. The van der Waals surface area contributed by atoms with E-state index in [1.165, 1.54) is 25.7 Å². The van der Waals surface area contributed by atoms with Crippen molar-refractivity contribution in [2.24, 2.45) is 0 Å². The van der Waals surface area contributed by atoms with Crippen LogP contribution in [0.3, 0.4) is 0 Å². The summed E-state index contributed by atoms with van der Waals surface area (Å²) in [6.07, 6.45) is 4.78. The minimum absolute atomic E-state index is 0. The summed E-state index contributed by atoms with van der Waals surface area (Å²) in [6.45, 7) is 15.1. The van der Waals surface area contributed by atoms with Crippen molar-refractivity contribution in [3.8, 4) is 0 Å². The average molecular weight is 433 g/mol. The van der Waals surface area contributed by atoms with E-state index < -0.39 is 0 Å². The van der Waals surface area contributed by atoms with E-state index in [4.69, 9.17) is 0 Å². The minimum Gasteiger partial charge on any atom is -1.00 e. The summed E-state index contributed by atoms with van der Waals surface area (Å²) in [5, 5.41) is 0. The van der Waals surface area contributed by atoms with Crippen LogP contribution in [0.1, 0.15) is 49.9 Å². The van der Waals surface area contributed by atoms with Crippen LogP contribution in [0.2, 0.25) is 0 Å². The maximum Gasteiger partial charge on any atom is 4.00 e. The Morgan fingerprint density at radius 2 is 1.43 bits per heavy atom. The first-order valence-electron chi connectivity index (χ1n) is 7.74. The van der Waals surface area contributed by atoms with Crippen molar-refractivity contribution in [2.75, 3.05) is 0 Å². The van der Waals surface area contributed by atoms with Gasteiger partial charge in [-0.15, -0.1) is 13.2 Å². The largest absolute Gasteiger partial charge is 4.00 e. The smallest absolute Gasteiger partial charge is 1.00 e. The normalized spacial score (nSPS) is 8.00. The van der Waals surface area contributed by atoms with Crippen molar-refractivity contribution in [1.29, 1.82) is 0 Å². The van der Waals surface area contributed by atoms with Gasteiger partial charge in [-0.3, -0.25) is 0 Å². The third kappa shape index (κ3) is 10.4. The van der Waals surface area contributed by atoms with E-state index in [1.54, 1.807) is 22.3 Å². The van der Waals surface area contributed by atoms with Gasteiger partial charge in [-0.1, -0.05) is 53.4 Å². The van der Waals surface area contributed by atoms with Crippen LogP contribution in [0.15, 0.2) is 49.6 Å². The van der Waals surface area contributed by atoms with E-state index in [2.05, 4.69) is 46.9 Å². The van der Waals surface area contributed by atoms with Crippen LogP contribution in [0.5, 0.6) is 0 Å². The maximum absolute atomic E-state index is 3.00.